The maximum absolute atomic E-state index is 12.5. The van der Waals surface area contributed by atoms with Gasteiger partial charge in [0.1, 0.15) is 6.33 Å². The van der Waals surface area contributed by atoms with Gasteiger partial charge in [0, 0.05) is 31.7 Å². The molecule has 4 rings (SSSR count). The Morgan fingerprint density at radius 3 is 2.50 bits per heavy atom. The molecule has 3 heterocycles. The second-order valence-electron chi connectivity index (χ2n) is 5.72. The van der Waals surface area contributed by atoms with E-state index in [9.17, 15) is 4.79 Å². The van der Waals surface area contributed by atoms with E-state index in [0.717, 1.165) is 11.1 Å². The van der Waals surface area contributed by atoms with E-state index >= 15 is 0 Å². The molecule has 0 radical (unpaired) electrons. The second-order valence-corrected chi connectivity index (χ2v) is 5.72. The van der Waals surface area contributed by atoms with Gasteiger partial charge in [0.2, 0.25) is 0 Å². The summed E-state index contributed by atoms with van der Waals surface area (Å²) in [5.74, 6) is 0.944. The monoisotopic (exact) mass is 324 g/mol. The van der Waals surface area contributed by atoms with E-state index in [1.807, 2.05) is 41.0 Å². The number of nitrogens with zero attached hydrogens (tertiary/aromatic N) is 8. The molecule has 1 saturated heterocycles. The van der Waals surface area contributed by atoms with Crippen LogP contribution in [0, 0.1) is 6.92 Å². The molecule has 9 heteroatoms. The number of rotatable bonds is 2. The standard InChI is InChI=1S/C15H16N8O/c1-11-2-4-12(5-3-11)13(24)21-6-8-22(9-7-21)15-19-18-14-17-16-10-23(14)20-15/h2-5,10H,6-9H2,1H3. The van der Waals surface area contributed by atoms with E-state index in [1.54, 1.807) is 0 Å². The van der Waals surface area contributed by atoms with Crippen LogP contribution in [0.4, 0.5) is 5.95 Å². The van der Waals surface area contributed by atoms with Crippen LogP contribution in [0.5, 0.6) is 0 Å². The fourth-order valence-electron chi connectivity index (χ4n) is 2.68. The third kappa shape index (κ3) is 2.64. The van der Waals surface area contributed by atoms with E-state index < -0.39 is 0 Å². The highest BCUT2D eigenvalue weighted by Crippen LogP contribution is 2.13. The fraction of sp³-hybridized carbons (Fsp3) is 0.333. The van der Waals surface area contributed by atoms with Crippen LogP contribution in [-0.4, -0.2) is 67.0 Å². The predicted molar refractivity (Wildman–Crippen MR) is 85.7 cm³/mol. The molecule has 1 amide bonds. The van der Waals surface area contributed by atoms with Crippen LogP contribution in [0.15, 0.2) is 30.6 Å². The summed E-state index contributed by atoms with van der Waals surface area (Å²) in [5.41, 5.74) is 1.86. The first kappa shape index (κ1) is 14.5. The Bertz CT molecular complexity index is 867. The van der Waals surface area contributed by atoms with Gasteiger partial charge < -0.3 is 9.80 Å². The molecule has 1 fully saturated rings. The summed E-state index contributed by atoms with van der Waals surface area (Å²) >= 11 is 0. The molecule has 0 saturated carbocycles. The van der Waals surface area contributed by atoms with E-state index in [2.05, 4.69) is 25.5 Å². The lowest BCUT2D eigenvalue weighted by molar-refractivity contribution is 0.0746. The summed E-state index contributed by atoms with van der Waals surface area (Å²) in [6.45, 7) is 4.57. The smallest absolute Gasteiger partial charge is 0.290 e. The average molecular weight is 324 g/mol. The molecule has 1 aliphatic heterocycles. The van der Waals surface area contributed by atoms with Crippen molar-refractivity contribution in [3.63, 3.8) is 0 Å². The summed E-state index contributed by atoms with van der Waals surface area (Å²) in [6, 6.07) is 7.66. The van der Waals surface area contributed by atoms with Gasteiger partial charge in [-0.25, -0.2) is 0 Å². The molecule has 3 aromatic rings. The van der Waals surface area contributed by atoms with Crippen molar-refractivity contribution in [1.82, 2.24) is 34.9 Å². The molecule has 0 unspecified atom stereocenters. The Morgan fingerprint density at radius 1 is 1.00 bits per heavy atom. The van der Waals surface area contributed by atoms with Crippen molar-refractivity contribution in [3.05, 3.63) is 41.7 Å². The van der Waals surface area contributed by atoms with Crippen LogP contribution in [-0.2, 0) is 0 Å². The van der Waals surface area contributed by atoms with E-state index in [-0.39, 0.29) is 5.91 Å². The molecule has 122 valence electrons. The van der Waals surface area contributed by atoms with Crippen molar-refractivity contribution < 1.29 is 4.79 Å². The number of amides is 1. The van der Waals surface area contributed by atoms with Gasteiger partial charge in [0.15, 0.2) is 0 Å². The Labute approximate surface area is 137 Å². The van der Waals surface area contributed by atoms with Crippen molar-refractivity contribution in [2.75, 3.05) is 31.1 Å². The van der Waals surface area contributed by atoms with Crippen molar-refractivity contribution >= 4 is 17.6 Å². The minimum atomic E-state index is 0.0583. The molecule has 9 nitrogen and oxygen atoms in total. The van der Waals surface area contributed by atoms with Gasteiger partial charge in [-0.05, 0) is 19.1 Å². The highest BCUT2D eigenvalue weighted by Gasteiger charge is 2.24. The zero-order valence-electron chi connectivity index (χ0n) is 13.2. The Hall–Kier alpha value is -3.10. The normalized spacial score (nSPS) is 15.0. The fourth-order valence-corrected chi connectivity index (χ4v) is 2.68. The number of carbonyl (C=O) groups excluding carboxylic acids is 1. The molecule has 0 bridgehead atoms. The molecule has 2 aromatic heterocycles. The van der Waals surface area contributed by atoms with E-state index in [0.29, 0.717) is 37.9 Å². The van der Waals surface area contributed by atoms with Crippen LogP contribution in [0.2, 0.25) is 0 Å². The first-order valence-corrected chi connectivity index (χ1v) is 7.72. The van der Waals surface area contributed by atoms with Gasteiger partial charge in [-0.1, -0.05) is 17.7 Å². The molecule has 0 spiro atoms. The number of fused-ring (bicyclic) bond motifs is 1. The molecule has 1 aromatic carbocycles. The summed E-state index contributed by atoms with van der Waals surface area (Å²) in [7, 11) is 0. The lowest BCUT2D eigenvalue weighted by atomic mass is 10.1. The topological polar surface area (TPSA) is 92.4 Å². The second kappa shape index (κ2) is 5.84. The number of carbonyl (C=O) groups is 1. The third-order valence-electron chi connectivity index (χ3n) is 4.09. The van der Waals surface area contributed by atoms with Crippen LogP contribution in [0.25, 0.3) is 5.78 Å². The first-order valence-electron chi connectivity index (χ1n) is 7.72. The van der Waals surface area contributed by atoms with Crippen molar-refractivity contribution in [3.8, 4) is 0 Å². The maximum Gasteiger partial charge on any atom is 0.290 e. The zero-order chi connectivity index (χ0) is 16.5. The number of aromatic nitrogens is 6. The molecule has 0 aliphatic carbocycles. The highest BCUT2D eigenvalue weighted by molar-refractivity contribution is 5.94. The number of hydrogen-bond acceptors (Lipinski definition) is 7. The third-order valence-corrected chi connectivity index (χ3v) is 4.09. The van der Waals surface area contributed by atoms with Gasteiger partial charge >= 0.3 is 0 Å². The van der Waals surface area contributed by atoms with Crippen LogP contribution < -0.4 is 4.90 Å². The van der Waals surface area contributed by atoms with Gasteiger partial charge in [0.25, 0.3) is 17.6 Å². The molecule has 24 heavy (non-hydrogen) atoms. The number of aryl methyl sites for hydroxylation is 1. The van der Waals surface area contributed by atoms with Gasteiger partial charge in [-0.3, -0.25) is 4.79 Å². The summed E-state index contributed by atoms with van der Waals surface area (Å²) in [6.07, 6.45) is 1.49. The SMILES string of the molecule is Cc1ccc(C(=O)N2CCN(c3nnc4nncn4n3)CC2)cc1. The van der Waals surface area contributed by atoms with Crippen molar-refractivity contribution in [2.24, 2.45) is 0 Å². The lowest BCUT2D eigenvalue weighted by Gasteiger charge is -2.34. The number of anilines is 1. The van der Waals surface area contributed by atoms with Crippen LogP contribution >= 0.6 is 0 Å². The average Bonchev–Trinajstić information content (AvgIpc) is 3.09. The summed E-state index contributed by atoms with van der Waals surface area (Å²) in [4.78, 5) is 16.4. The Morgan fingerprint density at radius 2 is 1.75 bits per heavy atom. The molecular formula is C15H16N8O. The van der Waals surface area contributed by atoms with Crippen LogP contribution in [0.1, 0.15) is 15.9 Å². The predicted octanol–water partition coefficient (Wildman–Crippen LogP) is 0.185. The summed E-state index contributed by atoms with van der Waals surface area (Å²) < 4.78 is 1.49. The first-order chi connectivity index (χ1) is 11.7. The largest absolute Gasteiger partial charge is 0.335 e. The van der Waals surface area contributed by atoms with Crippen LogP contribution in [0.3, 0.4) is 0 Å². The minimum Gasteiger partial charge on any atom is -0.335 e. The maximum atomic E-state index is 12.5. The Balaban J connectivity index is 1.44. The Kier molecular flexibility index (Phi) is 3.52. The van der Waals surface area contributed by atoms with Gasteiger partial charge in [0.05, 0.1) is 0 Å². The van der Waals surface area contributed by atoms with Crippen molar-refractivity contribution in [1.29, 1.82) is 0 Å². The molecule has 0 N–H and O–H groups in total. The molecule has 1 aliphatic rings. The number of hydrogen-bond donors (Lipinski definition) is 0. The highest BCUT2D eigenvalue weighted by atomic mass is 16.2. The quantitative estimate of drug-likeness (QED) is 0.664. The van der Waals surface area contributed by atoms with E-state index in [4.69, 9.17) is 0 Å². The molecule has 0 atom stereocenters. The van der Waals surface area contributed by atoms with Gasteiger partial charge in [-0.15, -0.1) is 25.5 Å². The lowest BCUT2D eigenvalue weighted by Crippen LogP contribution is -2.49. The minimum absolute atomic E-state index is 0.0583. The number of piperazine rings is 1. The summed E-state index contributed by atoms with van der Waals surface area (Å²) in [5, 5.41) is 19.9. The van der Waals surface area contributed by atoms with Gasteiger partial charge in [-0.2, -0.15) is 4.52 Å². The van der Waals surface area contributed by atoms with E-state index in [1.165, 1.54) is 10.8 Å². The molecular weight excluding hydrogens is 308 g/mol. The number of benzene rings is 1. The van der Waals surface area contributed by atoms with Crippen molar-refractivity contribution in [2.45, 2.75) is 6.92 Å². The zero-order valence-corrected chi connectivity index (χ0v) is 13.2.